The van der Waals surface area contributed by atoms with Gasteiger partial charge in [-0.15, -0.1) is 0 Å². The first-order valence-corrected chi connectivity index (χ1v) is 2.86. The third-order valence-electron chi connectivity index (χ3n) is 0.175. The molecule has 0 saturated heterocycles. The van der Waals surface area contributed by atoms with Crippen molar-refractivity contribution in [3.63, 3.8) is 0 Å². The van der Waals surface area contributed by atoms with Gasteiger partial charge in [0, 0.05) is 7.11 Å². The Labute approximate surface area is 57.0 Å². The maximum atomic E-state index is 9.33. The molecule has 0 amide bonds. The van der Waals surface area contributed by atoms with Gasteiger partial charge in [-0.2, -0.15) is 0 Å². The molecule has 0 spiro atoms. The van der Waals surface area contributed by atoms with Crippen LogP contribution in [0.4, 0.5) is 0 Å². The van der Waals surface area contributed by atoms with E-state index in [-0.39, 0.29) is 7.43 Å². The molecule has 1 unspecified atom stereocenters. The van der Waals surface area contributed by atoms with E-state index in [1.165, 1.54) is 7.11 Å². The average molecular weight is 186 g/mol. The zero-order chi connectivity index (χ0) is 6.28. The van der Waals surface area contributed by atoms with Crippen molar-refractivity contribution in [2.45, 2.75) is 0 Å². The van der Waals surface area contributed by atoms with E-state index >= 15 is 0 Å². The van der Waals surface area contributed by atoms with E-state index in [0.29, 0.717) is 0 Å². The van der Waals surface area contributed by atoms with Gasteiger partial charge in [0.05, 0.1) is 0 Å². The van der Waals surface area contributed by atoms with E-state index in [4.69, 9.17) is 8.76 Å². The second-order valence-electron chi connectivity index (χ2n) is 0.470. The molecule has 0 aliphatic rings. The SMILES string of the molecule is CO[PH](=O)O.[CH3-].[O]=[Co]. The summed E-state index contributed by atoms with van der Waals surface area (Å²) >= 11 is 2.31. The molecule has 0 aliphatic heterocycles. The summed E-state index contributed by atoms with van der Waals surface area (Å²) < 4.78 is 21.1. The molecule has 0 radical (unpaired) electrons. The van der Waals surface area contributed by atoms with Gasteiger partial charge in [0.2, 0.25) is 0 Å². The van der Waals surface area contributed by atoms with Crippen LogP contribution in [-0.2, 0) is 28.6 Å². The van der Waals surface area contributed by atoms with E-state index < -0.39 is 8.25 Å². The summed E-state index contributed by atoms with van der Waals surface area (Å²) in [5, 5.41) is 0. The molecule has 0 fully saturated rings. The van der Waals surface area contributed by atoms with Gasteiger partial charge in [0.1, 0.15) is 0 Å². The van der Waals surface area contributed by atoms with Crippen LogP contribution in [0.25, 0.3) is 0 Å². The molecule has 6 heteroatoms. The second-order valence-corrected chi connectivity index (χ2v) is 1.41. The first-order chi connectivity index (χ1) is 3.27. The van der Waals surface area contributed by atoms with Crippen molar-refractivity contribution in [2.24, 2.45) is 0 Å². The molecule has 0 bridgehead atoms. The molecule has 0 heterocycles. The quantitative estimate of drug-likeness (QED) is 0.473. The fraction of sp³-hybridized carbons (Fsp3) is 0.500. The Morgan fingerprint density at radius 1 is 1.62 bits per heavy atom. The van der Waals surface area contributed by atoms with E-state index in [9.17, 15) is 4.57 Å². The van der Waals surface area contributed by atoms with Crippen LogP contribution >= 0.6 is 8.25 Å². The Kier molecular flexibility index (Phi) is 30.9. The Balaban J connectivity index is -0.0000000750. The van der Waals surface area contributed by atoms with Gasteiger partial charge in [0.25, 0.3) is 0 Å². The topological polar surface area (TPSA) is 63.6 Å². The normalized spacial score (nSPS) is 9.88. The van der Waals surface area contributed by atoms with Crippen molar-refractivity contribution in [2.75, 3.05) is 7.11 Å². The number of rotatable bonds is 1. The minimum atomic E-state index is -2.62. The molecule has 0 rings (SSSR count). The van der Waals surface area contributed by atoms with Crippen LogP contribution in [0.2, 0.25) is 0 Å². The maximum absolute atomic E-state index is 9.33. The van der Waals surface area contributed by atoms with Gasteiger partial charge >= 0.3 is 27.8 Å². The van der Waals surface area contributed by atoms with Crippen LogP contribution in [0.5, 0.6) is 0 Å². The fourth-order valence-corrected chi connectivity index (χ4v) is 0. The number of hydrogen-bond donors (Lipinski definition) is 1. The van der Waals surface area contributed by atoms with Crippen molar-refractivity contribution >= 4 is 8.25 Å². The van der Waals surface area contributed by atoms with Gasteiger partial charge in [0.15, 0.2) is 0 Å². The van der Waals surface area contributed by atoms with Gasteiger partial charge in [-0.05, 0) is 0 Å². The summed E-state index contributed by atoms with van der Waals surface area (Å²) in [6, 6.07) is 0. The molecule has 0 aliphatic carbocycles. The summed E-state index contributed by atoms with van der Waals surface area (Å²) in [6.45, 7) is 0. The second kappa shape index (κ2) is 15.7. The van der Waals surface area contributed by atoms with E-state index in [1.807, 2.05) is 0 Å². The van der Waals surface area contributed by atoms with Crippen LogP contribution in [0, 0.1) is 7.43 Å². The standard InChI is InChI=1S/CH5O3P.CH3.Co.O/c1-4-5(2)3;;;/h5H,1H3,(H,2,3);1H3;;/q;-1;;. The molecule has 0 saturated carbocycles. The first-order valence-electron chi connectivity index (χ1n) is 1.18. The molecule has 55 valence electrons. The number of hydrogen-bond acceptors (Lipinski definition) is 3. The Bertz CT molecular complexity index is 58.0. The molecular formula is C2H8CoO4P-. The summed E-state index contributed by atoms with van der Waals surface area (Å²) in [6.07, 6.45) is 0. The van der Waals surface area contributed by atoms with Gasteiger partial charge in [-0.1, -0.05) is 0 Å². The summed E-state index contributed by atoms with van der Waals surface area (Å²) in [5.41, 5.74) is 0. The van der Waals surface area contributed by atoms with Gasteiger partial charge in [-0.25, -0.2) is 0 Å². The van der Waals surface area contributed by atoms with Crippen LogP contribution in [0.3, 0.4) is 0 Å². The van der Waals surface area contributed by atoms with Crippen molar-refractivity contribution in [1.82, 2.24) is 0 Å². The van der Waals surface area contributed by atoms with E-state index in [0.717, 1.165) is 0 Å². The Morgan fingerprint density at radius 3 is 1.75 bits per heavy atom. The third kappa shape index (κ3) is 31.9. The van der Waals surface area contributed by atoms with Crippen LogP contribution in [-0.4, -0.2) is 12.0 Å². The third-order valence-corrected chi connectivity index (χ3v) is 0.524. The van der Waals surface area contributed by atoms with Crippen LogP contribution in [0.1, 0.15) is 0 Å². The van der Waals surface area contributed by atoms with Crippen molar-refractivity contribution in [3.05, 3.63) is 7.43 Å². The zero-order valence-corrected chi connectivity index (χ0v) is 6.55. The Hall–Kier alpha value is 0.456. The molecule has 0 aromatic rings. The van der Waals surface area contributed by atoms with Crippen molar-refractivity contribution in [1.29, 1.82) is 0 Å². The monoisotopic (exact) mass is 186 g/mol. The molecule has 4 nitrogen and oxygen atoms in total. The van der Waals surface area contributed by atoms with Crippen molar-refractivity contribution in [3.8, 4) is 0 Å². The molecule has 1 N–H and O–H groups in total. The van der Waals surface area contributed by atoms with Gasteiger partial charge < -0.3 is 16.8 Å². The van der Waals surface area contributed by atoms with E-state index in [1.54, 1.807) is 0 Å². The molecule has 0 aromatic carbocycles. The molecule has 0 aromatic heterocycles. The first kappa shape index (κ1) is 15.8. The molecular weight excluding hydrogens is 178 g/mol. The molecule has 1 atom stereocenters. The predicted molar refractivity (Wildman–Crippen MR) is 25.3 cm³/mol. The van der Waals surface area contributed by atoms with Crippen LogP contribution in [0.15, 0.2) is 0 Å². The summed E-state index contributed by atoms with van der Waals surface area (Å²) in [5.74, 6) is 0. The predicted octanol–water partition coefficient (Wildman–Crippen LogP) is 0.344. The molecule has 8 heavy (non-hydrogen) atoms. The summed E-state index contributed by atoms with van der Waals surface area (Å²) in [4.78, 5) is 7.69. The van der Waals surface area contributed by atoms with Crippen molar-refractivity contribution < 1.29 is 33.5 Å². The average Bonchev–Trinajstić information content (AvgIpc) is 1.73. The summed E-state index contributed by atoms with van der Waals surface area (Å²) in [7, 11) is -1.44. The zero-order valence-electron chi connectivity index (χ0n) is 4.51. The fourth-order valence-electron chi connectivity index (χ4n) is 0. The van der Waals surface area contributed by atoms with E-state index in [2.05, 4.69) is 20.2 Å². The van der Waals surface area contributed by atoms with Crippen LogP contribution < -0.4 is 0 Å². The van der Waals surface area contributed by atoms with Gasteiger partial charge in [-0.3, -0.25) is 4.57 Å². The minimum absolute atomic E-state index is 0. The Morgan fingerprint density at radius 2 is 1.75 bits per heavy atom.